The molecule has 1 aromatic carbocycles. The fraction of sp³-hybridized carbons (Fsp3) is 0.519. The van der Waals surface area contributed by atoms with Crippen molar-refractivity contribution in [2.45, 2.75) is 76.3 Å². The summed E-state index contributed by atoms with van der Waals surface area (Å²) in [5, 5.41) is 25.8. The van der Waals surface area contributed by atoms with E-state index in [-0.39, 0.29) is 6.42 Å². The number of hydrogen-bond acceptors (Lipinski definition) is 10. The van der Waals surface area contributed by atoms with E-state index >= 15 is 0 Å². The topological polar surface area (TPSA) is 215 Å². The van der Waals surface area contributed by atoms with Gasteiger partial charge in [-0.15, -0.1) is 0 Å². The first-order valence-electron chi connectivity index (χ1n) is 13.4. The summed E-state index contributed by atoms with van der Waals surface area (Å²) in [6, 6.07) is 6.04. The largest absolute Gasteiger partial charge is 0.461 e. The number of esters is 1. The highest BCUT2D eigenvalue weighted by atomic mass is 19.1. The normalized spacial score (nSPS) is 22.9. The molecule has 2 aromatic rings. The minimum absolute atomic E-state index is 0.263. The van der Waals surface area contributed by atoms with E-state index in [4.69, 9.17) is 15.2 Å². The number of amides is 2. The van der Waals surface area contributed by atoms with Gasteiger partial charge in [0, 0.05) is 0 Å². The molecule has 14 nitrogen and oxygen atoms in total. The molecule has 3 rings (SSSR count). The van der Waals surface area contributed by atoms with Crippen molar-refractivity contribution in [3.05, 3.63) is 68.7 Å². The molecule has 230 valence electrons. The maximum atomic E-state index is 13.7. The summed E-state index contributed by atoms with van der Waals surface area (Å²) < 4.78 is 25.0. The summed E-state index contributed by atoms with van der Waals surface area (Å²) in [6.07, 6.45) is -5.01. The number of aromatic nitrogens is 2. The fourth-order valence-corrected chi connectivity index (χ4v) is 4.29. The Morgan fingerprint density at radius 3 is 2.43 bits per heavy atom. The molecule has 2 heterocycles. The molecule has 7 N–H and O–H groups in total. The van der Waals surface area contributed by atoms with Gasteiger partial charge in [-0.1, -0.05) is 50.6 Å². The molecule has 0 aliphatic carbocycles. The van der Waals surface area contributed by atoms with Gasteiger partial charge in [-0.05, 0) is 24.8 Å². The van der Waals surface area contributed by atoms with Crippen molar-refractivity contribution in [3.8, 4) is 0 Å². The Morgan fingerprint density at radius 1 is 1.12 bits per heavy atom. The summed E-state index contributed by atoms with van der Waals surface area (Å²) in [7, 11) is 0. The zero-order chi connectivity index (χ0) is 31.1. The quantitative estimate of drug-likeness (QED) is 0.156. The van der Waals surface area contributed by atoms with Crippen LogP contribution in [0, 0.1) is 11.7 Å². The number of H-pyrrole nitrogens is 1. The molecule has 15 heteroatoms. The molecule has 42 heavy (non-hydrogen) atoms. The average molecular weight is 594 g/mol. The van der Waals surface area contributed by atoms with E-state index in [2.05, 4.69) is 10.6 Å². The van der Waals surface area contributed by atoms with Crippen molar-refractivity contribution in [1.29, 1.82) is 0 Å². The first kappa shape index (κ1) is 32.6. The number of halogens is 1. The Hall–Kier alpha value is -3.92. The van der Waals surface area contributed by atoms with Crippen molar-refractivity contribution >= 4 is 17.8 Å². The number of hydrogen-bond donors (Lipinski definition) is 6. The molecule has 8 atom stereocenters. The van der Waals surface area contributed by atoms with Gasteiger partial charge in [-0.25, -0.2) is 9.59 Å². The predicted octanol–water partition coefficient (Wildman–Crippen LogP) is -1.56. The number of nitrogens with zero attached hydrogens (tertiary/aromatic N) is 1. The minimum atomic E-state index is -1.72. The Bertz CT molecular complexity index is 1370. The number of aliphatic hydroxyl groups is 2. The van der Waals surface area contributed by atoms with Crippen LogP contribution in [0.15, 0.2) is 46.1 Å². The zero-order valence-electron chi connectivity index (χ0n) is 23.4. The highest BCUT2D eigenvalue weighted by Gasteiger charge is 2.45. The van der Waals surface area contributed by atoms with Gasteiger partial charge in [-0.2, -0.15) is 4.39 Å². The van der Waals surface area contributed by atoms with Crippen LogP contribution in [-0.2, 0) is 30.3 Å². The molecular weight excluding hydrogens is 557 g/mol. The fourth-order valence-electron chi connectivity index (χ4n) is 4.29. The van der Waals surface area contributed by atoms with Crippen molar-refractivity contribution in [1.82, 2.24) is 20.2 Å². The zero-order valence-corrected chi connectivity index (χ0v) is 23.4. The van der Waals surface area contributed by atoms with E-state index in [1.807, 2.05) is 30.3 Å². The number of aliphatic hydroxyl groups excluding tert-OH is 2. The number of ether oxygens (including phenoxy) is 2. The second-order valence-corrected chi connectivity index (χ2v) is 10.2. The van der Waals surface area contributed by atoms with Gasteiger partial charge in [0.1, 0.15) is 37.0 Å². The lowest BCUT2D eigenvalue weighted by Crippen LogP contribution is -2.55. The Kier molecular flexibility index (Phi) is 11.1. The van der Waals surface area contributed by atoms with Gasteiger partial charge in [0.05, 0.1) is 12.2 Å². The van der Waals surface area contributed by atoms with Gasteiger partial charge in [0.15, 0.2) is 6.23 Å². The maximum Gasteiger partial charge on any atom is 0.330 e. The summed E-state index contributed by atoms with van der Waals surface area (Å²) >= 11 is 0. The number of aromatic amines is 1. The molecular formula is C27H36FN5O9. The van der Waals surface area contributed by atoms with E-state index < -0.39 is 90.0 Å². The number of nitrogens with one attached hydrogen (secondary N) is 3. The van der Waals surface area contributed by atoms with Crippen LogP contribution in [0.4, 0.5) is 4.39 Å². The number of benzene rings is 1. The molecule has 1 aliphatic heterocycles. The van der Waals surface area contributed by atoms with Crippen molar-refractivity contribution in [3.63, 3.8) is 0 Å². The van der Waals surface area contributed by atoms with Crippen LogP contribution in [-0.4, -0.2) is 80.6 Å². The molecule has 0 spiro atoms. The Balaban J connectivity index is 1.59. The minimum Gasteiger partial charge on any atom is -0.461 e. The molecule has 0 saturated carbocycles. The monoisotopic (exact) mass is 593 g/mol. The third-order valence-electron chi connectivity index (χ3n) is 7.08. The number of carbonyl (C=O) groups is 3. The molecule has 2 unspecified atom stereocenters. The van der Waals surface area contributed by atoms with Crippen molar-refractivity contribution < 1.29 is 38.5 Å². The van der Waals surface area contributed by atoms with E-state index in [0.29, 0.717) is 17.2 Å². The molecule has 0 bridgehead atoms. The summed E-state index contributed by atoms with van der Waals surface area (Å²) in [6.45, 7) is 4.34. The highest BCUT2D eigenvalue weighted by Crippen LogP contribution is 2.28. The SMILES string of the molecule is CC[C@H](C)[C@H](NC(=O)[C@H](C)NC(=O)[C@@H](N)Cc1ccccc1)C(=O)OC[C@@H]1O[C@H](n2cc(F)c(=O)[nH]c2=O)C(O)C1O. The molecule has 0 radical (unpaired) electrons. The Morgan fingerprint density at radius 2 is 1.79 bits per heavy atom. The van der Waals surface area contributed by atoms with Crippen LogP contribution in [0.25, 0.3) is 0 Å². The lowest BCUT2D eigenvalue weighted by molar-refractivity contribution is -0.155. The van der Waals surface area contributed by atoms with Crippen LogP contribution in [0.1, 0.15) is 39.0 Å². The maximum absolute atomic E-state index is 13.7. The number of nitrogens with two attached hydrogens (primary N) is 1. The summed E-state index contributed by atoms with van der Waals surface area (Å²) in [5.74, 6) is -3.81. The van der Waals surface area contributed by atoms with E-state index in [9.17, 15) is 38.6 Å². The highest BCUT2D eigenvalue weighted by molar-refractivity contribution is 5.91. The van der Waals surface area contributed by atoms with Gasteiger partial charge < -0.3 is 36.1 Å². The van der Waals surface area contributed by atoms with E-state index in [1.165, 1.54) is 6.92 Å². The van der Waals surface area contributed by atoms with E-state index in [0.717, 1.165) is 5.56 Å². The van der Waals surface area contributed by atoms with E-state index in [1.54, 1.807) is 18.8 Å². The second kappa shape index (κ2) is 14.3. The van der Waals surface area contributed by atoms with Crippen LogP contribution in [0.2, 0.25) is 0 Å². The standard InChI is InChI=1S/C27H36FN5O9/c1-4-13(2)19(31-22(36)14(3)30-24(38)17(29)10-15-8-6-5-7-9-15)26(39)41-12-18-20(34)21(35)25(42-18)33-11-16(28)23(37)32-27(33)40/h5-9,11,13-14,17-21,25,34-35H,4,10,12,29H2,1-3H3,(H,30,38)(H,31,36)(H,32,37,40)/t13-,14-,17-,18-,19-,20?,21?,25-/m0/s1. The lowest BCUT2D eigenvalue weighted by Gasteiger charge is -2.26. The first-order chi connectivity index (χ1) is 19.8. The third kappa shape index (κ3) is 7.88. The van der Waals surface area contributed by atoms with Crippen LogP contribution < -0.4 is 27.6 Å². The van der Waals surface area contributed by atoms with Gasteiger partial charge in [0.2, 0.25) is 17.6 Å². The predicted molar refractivity (Wildman–Crippen MR) is 145 cm³/mol. The summed E-state index contributed by atoms with van der Waals surface area (Å²) in [5.41, 5.74) is 4.48. The molecule has 1 aromatic heterocycles. The molecule has 2 amide bonds. The smallest absolute Gasteiger partial charge is 0.330 e. The third-order valence-corrected chi connectivity index (χ3v) is 7.08. The molecule has 1 aliphatic rings. The van der Waals surface area contributed by atoms with Crippen LogP contribution in [0.3, 0.4) is 0 Å². The number of rotatable bonds is 12. The van der Waals surface area contributed by atoms with Crippen LogP contribution >= 0.6 is 0 Å². The van der Waals surface area contributed by atoms with Gasteiger partial charge in [-0.3, -0.25) is 23.9 Å². The lowest BCUT2D eigenvalue weighted by atomic mass is 9.98. The second-order valence-electron chi connectivity index (χ2n) is 10.2. The first-order valence-corrected chi connectivity index (χ1v) is 13.4. The average Bonchev–Trinajstić information content (AvgIpc) is 3.24. The summed E-state index contributed by atoms with van der Waals surface area (Å²) in [4.78, 5) is 63.5. The van der Waals surface area contributed by atoms with Crippen LogP contribution in [0.5, 0.6) is 0 Å². The van der Waals surface area contributed by atoms with Gasteiger partial charge in [0.25, 0.3) is 5.56 Å². The van der Waals surface area contributed by atoms with Gasteiger partial charge >= 0.3 is 11.7 Å². The number of carbonyl (C=O) groups excluding carboxylic acids is 3. The van der Waals surface area contributed by atoms with Crippen molar-refractivity contribution in [2.24, 2.45) is 11.7 Å². The molecule has 1 saturated heterocycles. The molecule has 1 fully saturated rings. The Labute approximate surface area is 240 Å². The van der Waals surface area contributed by atoms with Crippen molar-refractivity contribution in [2.75, 3.05) is 6.61 Å².